The number of methoxy groups -OCH3 is 1. The molecule has 4 nitrogen and oxygen atoms in total. The summed E-state index contributed by atoms with van der Waals surface area (Å²) in [4.78, 5) is 17.2. The number of carbonyl (C=O) groups is 1. The number of amides is 1. The Morgan fingerprint density at radius 2 is 2.11 bits per heavy atom. The first-order chi connectivity index (χ1) is 9.13. The van der Waals surface area contributed by atoms with E-state index in [0.717, 1.165) is 22.5 Å². The van der Waals surface area contributed by atoms with Crippen LogP contribution in [-0.4, -0.2) is 43.1 Å². The van der Waals surface area contributed by atoms with Crippen LogP contribution in [0.5, 0.6) is 0 Å². The molecule has 4 heteroatoms. The number of aromatic nitrogens is 1. The molecule has 0 saturated carbocycles. The normalized spacial score (nSPS) is 11.2. The van der Waals surface area contributed by atoms with E-state index in [1.54, 1.807) is 19.1 Å². The number of benzene rings is 1. The molecule has 0 aliphatic rings. The van der Waals surface area contributed by atoms with Gasteiger partial charge in [0.2, 0.25) is 5.91 Å². The van der Waals surface area contributed by atoms with Gasteiger partial charge in [0.05, 0.1) is 6.61 Å². The van der Waals surface area contributed by atoms with Gasteiger partial charge in [-0.25, -0.2) is 0 Å². The number of hydrogen-bond donors (Lipinski definition) is 1. The maximum absolute atomic E-state index is 12.2. The molecular weight excluding hydrogens is 240 g/mol. The van der Waals surface area contributed by atoms with Crippen molar-refractivity contribution in [1.82, 2.24) is 9.88 Å². The second-order valence-electron chi connectivity index (χ2n) is 4.61. The Kier molecular flexibility index (Phi) is 4.22. The minimum Gasteiger partial charge on any atom is -0.383 e. The molecular formula is C15H19N2O2. The maximum atomic E-state index is 12.2. The second kappa shape index (κ2) is 5.89. The highest BCUT2D eigenvalue weighted by Crippen LogP contribution is 2.21. The van der Waals surface area contributed by atoms with Crippen LogP contribution >= 0.6 is 0 Å². The minimum absolute atomic E-state index is 0.0172. The number of para-hydroxylation sites is 1. The quantitative estimate of drug-likeness (QED) is 0.894. The Labute approximate surface area is 113 Å². The Bertz CT molecular complexity index is 529. The second-order valence-corrected chi connectivity index (χ2v) is 4.61. The highest BCUT2D eigenvalue weighted by molar-refractivity contribution is 5.95. The molecule has 1 heterocycles. The van der Waals surface area contributed by atoms with E-state index < -0.39 is 0 Å². The Morgan fingerprint density at radius 3 is 2.79 bits per heavy atom. The summed E-state index contributed by atoms with van der Waals surface area (Å²) in [6, 6.07) is 10.0. The molecule has 0 unspecified atom stereocenters. The zero-order valence-corrected chi connectivity index (χ0v) is 11.6. The topological polar surface area (TPSA) is 45.3 Å². The van der Waals surface area contributed by atoms with Crippen LogP contribution in [0.3, 0.4) is 0 Å². The maximum Gasteiger partial charge on any atom is 0.235 e. The number of likely N-dealkylation sites (N-methyl/N-ethyl adjacent to an activating group) is 1. The number of carbonyl (C=O) groups excluding carboxylic acids is 1. The molecule has 1 radical (unpaired) electrons. The van der Waals surface area contributed by atoms with Crippen molar-refractivity contribution in [3.63, 3.8) is 0 Å². The first-order valence-corrected chi connectivity index (χ1v) is 6.29. The van der Waals surface area contributed by atoms with Gasteiger partial charge in [0.1, 0.15) is 5.92 Å². The van der Waals surface area contributed by atoms with Gasteiger partial charge in [-0.05, 0) is 24.4 Å². The molecule has 0 atom stereocenters. The third-order valence-corrected chi connectivity index (χ3v) is 3.23. The van der Waals surface area contributed by atoms with Crippen molar-refractivity contribution in [2.24, 2.45) is 0 Å². The van der Waals surface area contributed by atoms with E-state index in [0.29, 0.717) is 13.2 Å². The van der Waals surface area contributed by atoms with Gasteiger partial charge in [-0.15, -0.1) is 0 Å². The molecule has 1 aromatic carbocycles. The Morgan fingerprint density at radius 1 is 1.37 bits per heavy atom. The lowest BCUT2D eigenvalue weighted by Crippen LogP contribution is -2.33. The summed E-state index contributed by atoms with van der Waals surface area (Å²) in [6.45, 7) is 2.98. The predicted octanol–water partition coefficient (Wildman–Crippen LogP) is 2.22. The summed E-state index contributed by atoms with van der Waals surface area (Å²) in [7, 11) is 3.42. The van der Waals surface area contributed by atoms with Gasteiger partial charge in [0, 0.05) is 31.9 Å². The van der Waals surface area contributed by atoms with E-state index in [9.17, 15) is 4.79 Å². The van der Waals surface area contributed by atoms with Gasteiger partial charge >= 0.3 is 0 Å². The molecule has 19 heavy (non-hydrogen) atoms. The van der Waals surface area contributed by atoms with Gasteiger partial charge in [0.15, 0.2) is 0 Å². The fourth-order valence-electron chi connectivity index (χ4n) is 2.01. The van der Waals surface area contributed by atoms with Crippen molar-refractivity contribution >= 4 is 16.8 Å². The van der Waals surface area contributed by atoms with E-state index in [4.69, 9.17) is 4.74 Å². The molecule has 2 aromatic rings. The molecule has 0 fully saturated rings. The summed E-state index contributed by atoms with van der Waals surface area (Å²) in [5.41, 5.74) is 1.92. The largest absolute Gasteiger partial charge is 0.383 e. The molecule has 1 N–H and O–H groups in total. The smallest absolute Gasteiger partial charge is 0.235 e. The average molecular weight is 259 g/mol. The summed E-state index contributed by atoms with van der Waals surface area (Å²) in [6.07, 6.45) is 0. The fraction of sp³-hybridized carbons (Fsp3) is 0.333. The average Bonchev–Trinajstić information content (AvgIpc) is 2.86. The lowest BCUT2D eigenvalue weighted by molar-refractivity contribution is -0.127. The van der Waals surface area contributed by atoms with Gasteiger partial charge in [-0.3, -0.25) is 4.79 Å². The number of nitrogens with zero attached hydrogens (tertiary/aromatic N) is 1. The molecule has 0 spiro atoms. The zero-order chi connectivity index (χ0) is 13.8. The Balaban J connectivity index is 2.14. The van der Waals surface area contributed by atoms with Crippen molar-refractivity contribution in [3.8, 4) is 0 Å². The number of fused-ring (bicyclic) bond motifs is 1. The fourth-order valence-corrected chi connectivity index (χ4v) is 2.01. The summed E-state index contributed by atoms with van der Waals surface area (Å²) < 4.78 is 4.99. The number of rotatable bonds is 5. The zero-order valence-electron chi connectivity index (χ0n) is 11.6. The van der Waals surface area contributed by atoms with Gasteiger partial charge < -0.3 is 14.6 Å². The number of aromatic amines is 1. The van der Waals surface area contributed by atoms with Crippen LogP contribution in [0, 0.1) is 5.92 Å². The molecule has 1 aromatic heterocycles. The minimum atomic E-state index is 0.0172. The van der Waals surface area contributed by atoms with Gasteiger partial charge in [0.25, 0.3) is 0 Å². The predicted molar refractivity (Wildman–Crippen MR) is 75.8 cm³/mol. The lowest BCUT2D eigenvalue weighted by Gasteiger charge is -2.19. The Hall–Kier alpha value is -1.81. The monoisotopic (exact) mass is 259 g/mol. The standard InChI is InChI=1S/C15H19N2O2/c1-11(15(18)17(2)8-9-19-3)14-10-12-6-4-5-7-13(12)16-14/h4-7,10,16H,8-9H2,1-3H3. The van der Waals surface area contributed by atoms with Gasteiger partial charge in [-0.2, -0.15) is 0 Å². The number of nitrogens with one attached hydrogen (secondary N) is 1. The molecule has 101 valence electrons. The molecule has 0 aliphatic heterocycles. The summed E-state index contributed by atoms with van der Waals surface area (Å²) in [5, 5.41) is 1.11. The van der Waals surface area contributed by atoms with Crippen molar-refractivity contribution in [3.05, 3.63) is 41.9 Å². The highest BCUT2D eigenvalue weighted by atomic mass is 16.5. The number of hydrogen-bond acceptors (Lipinski definition) is 2. The van der Waals surface area contributed by atoms with Crippen molar-refractivity contribution in [1.29, 1.82) is 0 Å². The third kappa shape index (κ3) is 2.96. The SMILES string of the molecule is COCCN(C)C(=O)[C](C)c1cc2ccccc2[nH]1. The van der Waals surface area contributed by atoms with E-state index >= 15 is 0 Å². The van der Waals surface area contributed by atoms with Crippen LogP contribution in [0.25, 0.3) is 10.9 Å². The molecule has 0 bridgehead atoms. The molecule has 0 saturated heterocycles. The summed E-state index contributed by atoms with van der Waals surface area (Å²) in [5.74, 6) is 0.735. The molecule has 0 aliphatic carbocycles. The first kappa shape index (κ1) is 13.6. The van der Waals surface area contributed by atoms with E-state index in [1.807, 2.05) is 37.3 Å². The molecule has 2 rings (SSSR count). The third-order valence-electron chi connectivity index (χ3n) is 3.23. The van der Waals surface area contributed by atoms with Crippen molar-refractivity contribution in [2.75, 3.05) is 27.3 Å². The van der Waals surface area contributed by atoms with Gasteiger partial charge in [-0.1, -0.05) is 18.2 Å². The van der Waals surface area contributed by atoms with Crippen LogP contribution in [0.15, 0.2) is 30.3 Å². The van der Waals surface area contributed by atoms with Crippen LogP contribution in [0.2, 0.25) is 0 Å². The summed E-state index contributed by atoms with van der Waals surface area (Å²) >= 11 is 0. The van der Waals surface area contributed by atoms with E-state index in [2.05, 4.69) is 4.98 Å². The number of ether oxygens (including phenoxy) is 1. The van der Waals surface area contributed by atoms with Crippen LogP contribution in [0.4, 0.5) is 0 Å². The lowest BCUT2D eigenvalue weighted by atomic mass is 10.1. The number of H-pyrrole nitrogens is 1. The van der Waals surface area contributed by atoms with Crippen molar-refractivity contribution in [2.45, 2.75) is 6.92 Å². The highest BCUT2D eigenvalue weighted by Gasteiger charge is 2.21. The van der Waals surface area contributed by atoms with Crippen LogP contribution < -0.4 is 0 Å². The van der Waals surface area contributed by atoms with E-state index in [-0.39, 0.29) is 5.91 Å². The van der Waals surface area contributed by atoms with Crippen LogP contribution in [-0.2, 0) is 9.53 Å². The first-order valence-electron chi connectivity index (χ1n) is 6.29. The molecule has 1 amide bonds. The van der Waals surface area contributed by atoms with Crippen LogP contribution in [0.1, 0.15) is 12.6 Å². The van der Waals surface area contributed by atoms with E-state index in [1.165, 1.54) is 0 Å². The van der Waals surface area contributed by atoms with Crippen molar-refractivity contribution < 1.29 is 9.53 Å².